The van der Waals surface area contributed by atoms with Gasteiger partial charge in [0.2, 0.25) is 5.88 Å². The summed E-state index contributed by atoms with van der Waals surface area (Å²) in [6.07, 6.45) is 6.93. The van der Waals surface area contributed by atoms with Gasteiger partial charge in [-0.3, -0.25) is 4.79 Å². The number of nitrogens with zero attached hydrogens (tertiary/aromatic N) is 2. The number of aromatic nitrogens is 2. The van der Waals surface area contributed by atoms with Gasteiger partial charge in [-0.1, -0.05) is 80.4 Å². The molecule has 0 aliphatic carbocycles. The van der Waals surface area contributed by atoms with Crippen LogP contribution in [-0.4, -0.2) is 16.2 Å². The van der Waals surface area contributed by atoms with Crippen LogP contribution in [0.3, 0.4) is 0 Å². The molecule has 0 bridgehead atoms. The first-order valence-corrected chi connectivity index (χ1v) is 9.72. The Bertz CT molecular complexity index is 1070. The van der Waals surface area contributed by atoms with Gasteiger partial charge in [-0.05, 0) is 29.7 Å². The molecule has 0 fully saturated rings. The average Bonchev–Trinajstić information content (AvgIpc) is 2.73. The zero-order chi connectivity index (χ0) is 19.8. The minimum absolute atomic E-state index is 0.146. The average molecular weight is 374 g/mol. The van der Waals surface area contributed by atoms with Gasteiger partial charge in [-0.2, -0.15) is 0 Å². The molecule has 1 heterocycles. The van der Waals surface area contributed by atoms with Crippen molar-refractivity contribution in [3.63, 3.8) is 0 Å². The van der Waals surface area contributed by atoms with E-state index in [0.29, 0.717) is 23.2 Å². The third-order valence-electron chi connectivity index (χ3n) is 4.52. The Morgan fingerprint density at radius 2 is 1.54 bits per heavy atom. The lowest BCUT2D eigenvalue weighted by molar-refractivity contribution is 0.287. The van der Waals surface area contributed by atoms with E-state index in [1.807, 2.05) is 66.7 Å². The first-order chi connectivity index (χ1) is 13.7. The molecule has 0 saturated heterocycles. The summed E-state index contributed by atoms with van der Waals surface area (Å²) in [7, 11) is 1.76. The minimum Gasteiger partial charge on any atom is -0.476 e. The third-order valence-corrected chi connectivity index (χ3v) is 4.52. The molecule has 0 spiro atoms. The normalized spacial score (nSPS) is 12.4. The lowest BCUT2D eigenvalue weighted by Crippen LogP contribution is -2.44. The lowest BCUT2D eigenvalue weighted by atomic mass is 10.2. The fourth-order valence-electron chi connectivity index (χ4n) is 2.93. The van der Waals surface area contributed by atoms with Crippen LogP contribution in [0.1, 0.15) is 37.3 Å². The predicted octanol–water partition coefficient (Wildman–Crippen LogP) is 3.01. The molecule has 28 heavy (non-hydrogen) atoms. The Labute approximate surface area is 165 Å². The quantitative estimate of drug-likeness (QED) is 0.597. The number of hydrogen-bond acceptors (Lipinski definition) is 3. The maximum Gasteiger partial charge on any atom is 0.276 e. The van der Waals surface area contributed by atoms with Crippen molar-refractivity contribution in [2.24, 2.45) is 7.05 Å². The van der Waals surface area contributed by atoms with Crippen molar-refractivity contribution in [1.29, 1.82) is 0 Å². The molecule has 0 atom stereocenters. The molecule has 0 aliphatic heterocycles. The summed E-state index contributed by atoms with van der Waals surface area (Å²) in [6.45, 7) is 2.74. The van der Waals surface area contributed by atoms with Crippen molar-refractivity contribution in [3.8, 4) is 5.88 Å². The zero-order valence-corrected chi connectivity index (χ0v) is 16.5. The Balaban J connectivity index is 2.13. The van der Waals surface area contributed by atoms with Crippen molar-refractivity contribution >= 4 is 12.2 Å². The molecule has 0 radical (unpaired) electrons. The largest absolute Gasteiger partial charge is 0.476 e. The van der Waals surface area contributed by atoms with Crippen LogP contribution >= 0.6 is 0 Å². The number of rotatable bonds is 7. The highest BCUT2D eigenvalue weighted by atomic mass is 16.5. The summed E-state index contributed by atoms with van der Waals surface area (Å²) >= 11 is 0. The van der Waals surface area contributed by atoms with Crippen molar-refractivity contribution in [1.82, 2.24) is 9.55 Å². The van der Waals surface area contributed by atoms with E-state index in [-0.39, 0.29) is 5.56 Å². The van der Waals surface area contributed by atoms with E-state index < -0.39 is 0 Å². The maximum absolute atomic E-state index is 12.9. The number of ether oxygens (including phenoxy) is 1. The zero-order valence-electron chi connectivity index (χ0n) is 16.5. The Morgan fingerprint density at radius 3 is 2.14 bits per heavy atom. The molecule has 2 aromatic carbocycles. The van der Waals surface area contributed by atoms with Crippen LogP contribution in [0, 0.1) is 0 Å². The molecule has 3 aromatic rings. The van der Waals surface area contributed by atoms with E-state index >= 15 is 0 Å². The van der Waals surface area contributed by atoms with Gasteiger partial charge in [-0.25, -0.2) is 4.98 Å². The van der Waals surface area contributed by atoms with Crippen LogP contribution in [0.2, 0.25) is 0 Å². The highest BCUT2D eigenvalue weighted by Crippen LogP contribution is 2.03. The maximum atomic E-state index is 12.9. The Hall–Kier alpha value is -3.14. The topological polar surface area (TPSA) is 44.1 Å². The van der Waals surface area contributed by atoms with Gasteiger partial charge in [0.05, 0.1) is 6.61 Å². The highest BCUT2D eigenvalue weighted by Gasteiger charge is 2.07. The van der Waals surface area contributed by atoms with Gasteiger partial charge in [0, 0.05) is 7.05 Å². The summed E-state index contributed by atoms with van der Waals surface area (Å²) in [5.41, 5.74) is 1.79. The SMILES string of the molecule is CCCCCOc1nc(=Cc2ccccc2)c(=O)n(C)c1=Cc1ccccc1. The van der Waals surface area contributed by atoms with Gasteiger partial charge >= 0.3 is 0 Å². The van der Waals surface area contributed by atoms with Crippen LogP contribution in [0.15, 0.2) is 65.5 Å². The number of hydrogen-bond donors (Lipinski definition) is 0. The lowest BCUT2D eigenvalue weighted by Gasteiger charge is -2.09. The van der Waals surface area contributed by atoms with Gasteiger partial charge in [0.25, 0.3) is 5.56 Å². The highest BCUT2D eigenvalue weighted by molar-refractivity contribution is 5.51. The van der Waals surface area contributed by atoms with E-state index in [2.05, 4.69) is 11.9 Å². The van der Waals surface area contributed by atoms with Crippen molar-refractivity contribution < 1.29 is 4.74 Å². The molecule has 4 heteroatoms. The monoisotopic (exact) mass is 374 g/mol. The summed E-state index contributed by atoms with van der Waals surface area (Å²) in [6, 6.07) is 19.6. The third kappa shape index (κ3) is 4.97. The Morgan fingerprint density at radius 1 is 0.929 bits per heavy atom. The molecule has 0 aliphatic rings. The first kappa shape index (κ1) is 19.6. The van der Waals surface area contributed by atoms with Gasteiger partial charge in [-0.15, -0.1) is 0 Å². The van der Waals surface area contributed by atoms with E-state index in [9.17, 15) is 4.79 Å². The summed E-state index contributed by atoms with van der Waals surface area (Å²) in [5.74, 6) is 0.490. The molecule has 0 N–H and O–H groups in total. The fourth-order valence-corrected chi connectivity index (χ4v) is 2.93. The van der Waals surface area contributed by atoms with E-state index in [0.717, 1.165) is 30.4 Å². The van der Waals surface area contributed by atoms with Crippen molar-refractivity contribution in [2.45, 2.75) is 26.2 Å². The van der Waals surface area contributed by atoms with Crippen LogP contribution < -0.4 is 21.0 Å². The molecule has 0 unspecified atom stereocenters. The molecular formula is C24H26N2O2. The van der Waals surface area contributed by atoms with Gasteiger partial charge in [0.15, 0.2) is 0 Å². The van der Waals surface area contributed by atoms with E-state index in [4.69, 9.17) is 4.74 Å². The minimum atomic E-state index is -0.146. The number of unbranched alkanes of at least 4 members (excludes halogenated alkanes) is 2. The second-order valence-corrected chi connectivity index (χ2v) is 6.72. The smallest absolute Gasteiger partial charge is 0.276 e. The summed E-state index contributed by atoms with van der Waals surface area (Å²) in [5, 5.41) is 1.06. The second kappa shape index (κ2) is 9.70. The summed E-state index contributed by atoms with van der Waals surface area (Å²) in [4.78, 5) is 17.5. The molecular weight excluding hydrogens is 348 g/mol. The van der Waals surface area contributed by atoms with Gasteiger partial charge < -0.3 is 9.30 Å². The molecule has 1 aromatic heterocycles. The van der Waals surface area contributed by atoms with Gasteiger partial charge in [0.1, 0.15) is 10.7 Å². The molecule has 3 rings (SSSR count). The fraction of sp³-hybridized carbons (Fsp3) is 0.250. The van der Waals surface area contributed by atoms with Crippen LogP contribution in [0.25, 0.3) is 12.2 Å². The van der Waals surface area contributed by atoms with Crippen LogP contribution in [0.5, 0.6) is 5.88 Å². The predicted molar refractivity (Wildman–Crippen MR) is 114 cm³/mol. The van der Waals surface area contributed by atoms with E-state index in [1.165, 1.54) is 0 Å². The first-order valence-electron chi connectivity index (χ1n) is 9.72. The van der Waals surface area contributed by atoms with Crippen molar-refractivity contribution in [3.05, 3.63) is 92.8 Å². The molecule has 0 saturated carbocycles. The molecule has 0 amide bonds. The molecule has 4 nitrogen and oxygen atoms in total. The van der Waals surface area contributed by atoms with Crippen LogP contribution in [0.4, 0.5) is 0 Å². The van der Waals surface area contributed by atoms with Crippen LogP contribution in [-0.2, 0) is 7.05 Å². The Kier molecular flexibility index (Phi) is 6.79. The standard InChI is InChI=1S/C24H26N2O2/c1-3-4-11-16-28-23-22(18-20-14-9-6-10-15-20)26(2)24(27)21(25-23)17-19-12-7-5-8-13-19/h5-10,12-15,17-18H,3-4,11,16H2,1-2H3. The van der Waals surface area contributed by atoms with Crippen molar-refractivity contribution in [2.75, 3.05) is 6.61 Å². The number of benzene rings is 2. The second-order valence-electron chi connectivity index (χ2n) is 6.72. The van der Waals surface area contributed by atoms with E-state index in [1.54, 1.807) is 17.7 Å². The summed E-state index contributed by atoms with van der Waals surface area (Å²) < 4.78 is 7.62. The molecule has 144 valence electrons.